The van der Waals surface area contributed by atoms with Crippen molar-refractivity contribution in [3.8, 4) is 0 Å². The lowest BCUT2D eigenvalue weighted by molar-refractivity contribution is -0.122. The van der Waals surface area contributed by atoms with Gasteiger partial charge in [-0.2, -0.15) is 10.2 Å². The zero-order valence-electron chi connectivity index (χ0n) is 18.2. The molecule has 0 unspecified atom stereocenters. The van der Waals surface area contributed by atoms with Gasteiger partial charge in [-0.25, -0.2) is 10.9 Å². The van der Waals surface area contributed by atoms with Crippen LogP contribution in [-0.2, 0) is 9.59 Å². The summed E-state index contributed by atoms with van der Waals surface area (Å²) in [6.45, 7) is 0. The summed E-state index contributed by atoms with van der Waals surface area (Å²) in [5, 5.41) is 8.38. The summed E-state index contributed by atoms with van der Waals surface area (Å²) in [5.74, 6) is 4.56. The van der Waals surface area contributed by atoms with Crippen molar-refractivity contribution in [1.29, 1.82) is 0 Å². The Morgan fingerprint density at radius 3 is 1.50 bits per heavy atom. The third kappa shape index (κ3) is 5.92. The zero-order valence-corrected chi connectivity index (χ0v) is 18.2. The van der Waals surface area contributed by atoms with Crippen LogP contribution in [-0.4, -0.2) is 24.2 Å². The summed E-state index contributed by atoms with van der Waals surface area (Å²) in [6, 6.07) is 0. The Labute approximate surface area is 180 Å². The zero-order chi connectivity index (χ0) is 20.8. The van der Waals surface area contributed by atoms with E-state index in [2.05, 4.69) is 21.1 Å². The van der Waals surface area contributed by atoms with E-state index in [1.807, 2.05) is 12.4 Å². The third-order valence-electron chi connectivity index (χ3n) is 8.05. The molecule has 0 radical (unpaired) electrons. The van der Waals surface area contributed by atoms with Gasteiger partial charge in [-0.05, 0) is 86.9 Å². The number of rotatable bonds is 11. The van der Waals surface area contributed by atoms with E-state index in [4.69, 9.17) is 0 Å². The molecular weight excluding hydrogens is 376 g/mol. The van der Waals surface area contributed by atoms with Gasteiger partial charge < -0.3 is 0 Å². The summed E-state index contributed by atoms with van der Waals surface area (Å²) < 4.78 is 0. The van der Waals surface area contributed by atoms with Gasteiger partial charge in [0.15, 0.2) is 0 Å². The van der Waals surface area contributed by atoms with Gasteiger partial charge in [0.1, 0.15) is 0 Å². The predicted molar refractivity (Wildman–Crippen MR) is 119 cm³/mol. The quantitative estimate of drug-likeness (QED) is 0.298. The number of hydrogen-bond donors (Lipinski definition) is 2. The van der Waals surface area contributed by atoms with Crippen LogP contribution in [0.25, 0.3) is 0 Å². The highest BCUT2D eigenvalue weighted by molar-refractivity contribution is 5.77. The first-order valence-electron chi connectivity index (χ1n) is 12.3. The van der Waals surface area contributed by atoms with Crippen molar-refractivity contribution < 1.29 is 9.59 Å². The monoisotopic (exact) mass is 414 g/mol. The van der Waals surface area contributed by atoms with Crippen LogP contribution < -0.4 is 10.9 Å². The molecule has 30 heavy (non-hydrogen) atoms. The fourth-order valence-corrected chi connectivity index (χ4v) is 6.40. The van der Waals surface area contributed by atoms with E-state index in [1.54, 1.807) is 0 Å². The molecule has 0 aromatic heterocycles. The second kappa shape index (κ2) is 10.5. The maximum absolute atomic E-state index is 11.9. The number of hydrazone groups is 2. The van der Waals surface area contributed by atoms with E-state index in [1.165, 1.54) is 51.4 Å². The minimum Gasteiger partial charge on any atom is -0.273 e. The number of amides is 2. The highest BCUT2D eigenvalue weighted by Gasteiger charge is 2.39. The number of carbonyl (C=O) groups excluding carboxylic acids is 2. The molecule has 2 amide bonds. The molecule has 4 aliphatic carbocycles. The molecule has 4 bridgehead atoms. The van der Waals surface area contributed by atoms with Crippen molar-refractivity contribution >= 4 is 24.2 Å². The van der Waals surface area contributed by atoms with E-state index in [-0.39, 0.29) is 11.8 Å². The summed E-state index contributed by atoms with van der Waals surface area (Å²) >= 11 is 0. The summed E-state index contributed by atoms with van der Waals surface area (Å²) in [7, 11) is 0. The van der Waals surface area contributed by atoms with Crippen molar-refractivity contribution in [3.05, 3.63) is 0 Å². The smallest absolute Gasteiger partial charge is 0.240 e. The average molecular weight is 415 g/mol. The highest BCUT2D eigenvalue weighted by atomic mass is 16.2. The van der Waals surface area contributed by atoms with Crippen LogP contribution in [0.4, 0.5) is 0 Å². The Hall–Kier alpha value is -1.72. The Bertz CT molecular complexity index is 606. The van der Waals surface area contributed by atoms with Crippen molar-refractivity contribution in [2.45, 2.75) is 89.9 Å². The minimum atomic E-state index is 0.00195. The van der Waals surface area contributed by atoms with Gasteiger partial charge in [0.25, 0.3) is 0 Å². The summed E-state index contributed by atoms with van der Waals surface area (Å²) in [5.41, 5.74) is 5.37. The molecule has 0 heterocycles. The summed E-state index contributed by atoms with van der Waals surface area (Å²) in [4.78, 5) is 23.8. The molecule has 0 spiro atoms. The van der Waals surface area contributed by atoms with Crippen LogP contribution in [0.15, 0.2) is 10.2 Å². The van der Waals surface area contributed by atoms with Gasteiger partial charge in [0, 0.05) is 25.3 Å². The molecule has 2 N–H and O–H groups in total. The highest BCUT2D eigenvalue weighted by Crippen LogP contribution is 2.48. The van der Waals surface area contributed by atoms with Gasteiger partial charge in [0.2, 0.25) is 11.8 Å². The first-order chi connectivity index (χ1) is 14.7. The first kappa shape index (κ1) is 21.5. The van der Waals surface area contributed by atoms with Crippen LogP contribution in [0.3, 0.4) is 0 Å². The van der Waals surface area contributed by atoms with Crippen molar-refractivity contribution in [2.75, 3.05) is 0 Å². The van der Waals surface area contributed by atoms with Crippen LogP contribution in [0.5, 0.6) is 0 Å². The van der Waals surface area contributed by atoms with E-state index < -0.39 is 0 Å². The number of nitrogens with one attached hydrogen (secondary N) is 2. The van der Waals surface area contributed by atoms with E-state index >= 15 is 0 Å². The molecule has 4 fully saturated rings. The number of fused-ring (bicyclic) bond motifs is 4. The Kier molecular flexibility index (Phi) is 7.56. The Morgan fingerprint density at radius 1 is 0.667 bits per heavy atom. The van der Waals surface area contributed by atoms with Crippen molar-refractivity contribution in [2.24, 2.45) is 45.7 Å². The lowest BCUT2D eigenvalue weighted by Crippen LogP contribution is -2.20. The van der Waals surface area contributed by atoms with E-state index in [0.29, 0.717) is 24.7 Å². The van der Waals surface area contributed by atoms with Crippen LogP contribution >= 0.6 is 0 Å². The predicted octanol–water partition coefficient (Wildman–Crippen LogP) is 4.40. The molecule has 4 saturated carbocycles. The van der Waals surface area contributed by atoms with Gasteiger partial charge in [-0.1, -0.05) is 25.7 Å². The normalized spacial score (nSPS) is 34.4. The maximum atomic E-state index is 11.9. The first-order valence-corrected chi connectivity index (χ1v) is 12.3. The van der Waals surface area contributed by atoms with Gasteiger partial charge in [-0.15, -0.1) is 0 Å². The lowest BCUT2D eigenvalue weighted by atomic mass is 9.90. The second-order valence-corrected chi connectivity index (χ2v) is 10.2. The molecular formula is C24H38N4O2. The molecule has 0 aliphatic heterocycles. The van der Waals surface area contributed by atoms with Gasteiger partial charge >= 0.3 is 0 Å². The van der Waals surface area contributed by atoms with E-state index in [9.17, 15) is 9.59 Å². The molecule has 4 rings (SSSR count). The van der Waals surface area contributed by atoms with Crippen molar-refractivity contribution in [3.63, 3.8) is 0 Å². The fraction of sp³-hybridized carbons (Fsp3) is 0.833. The molecule has 0 aromatic rings. The molecule has 6 atom stereocenters. The number of carbonyl (C=O) groups is 2. The van der Waals surface area contributed by atoms with Gasteiger partial charge in [0.05, 0.1) is 0 Å². The second-order valence-electron chi connectivity index (χ2n) is 10.2. The molecule has 166 valence electrons. The standard InChI is InChI=1S/C24H38N4O2/c29-23(27-25-15-21-13-17-7-9-19(21)11-17)5-3-1-2-4-6-24(30)28-26-16-22-14-18-8-10-20(22)12-18/h15-22H,1-14H2,(H,27,29)(H,28,30)/t17-,18-,19-,20-,21-,22-/m0/s1. The fourth-order valence-electron chi connectivity index (χ4n) is 6.40. The Balaban J connectivity index is 0.974. The largest absolute Gasteiger partial charge is 0.273 e. The Morgan fingerprint density at radius 2 is 1.13 bits per heavy atom. The average Bonchev–Trinajstić information content (AvgIpc) is 3.52. The molecule has 4 aliphatic rings. The molecule has 6 heteroatoms. The van der Waals surface area contributed by atoms with Crippen LogP contribution in [0.2, 0.25) is 0 Å². The SMILES string of the molecule is O=C(CCCCCCC(=O)NN=C[C@@H]1C[C@H]2CC[C@H]1C2)NN=C[C@@H]1C[C@H]2CC[C@H]1C2. The van der Waals surface area contributed by atoms with Crippen LogP contribution in [0, 0.1) is 35.5 Å². The van der Waals surface area contributed by atoms with Crippen LogP contribution in [0.1, 0.15) is 89.9 Å². The third-order valence-corrected chi connectivity index (χ3v) is 8.05. The maximum Gasteiger partial charge on any atom is 0.240 e. The minimum absolute atomic E-state index is 0.00195. The summed E-state index contributed by atoms with van der Waals surface area (Å²) in [6.07, 6.45) is 19.2. The number of unbranched alkanes of at least 4 members (excludes halogenated alkanes) is 3. The molecule has 6 nitrogen and oxygen atoms in total. The van der Waals surface area contributed by atoms with E-state index in [0.717, 1.165) is 49.4 Å². The molecule has 0 aromatic carbocycles. The topological polar surface area (TPSA) is 82.9 Å². The molecule has 0 saturated heterocycles. The van der Waals surface area contributed by atoms with Crippen molar-refractivity contribution in [1.82, 2.24) is 10.9 Å². The van der Waals surface area contributed by atoms with Gasteiger partial charge in [-0.3, -0.25) is 9.59 Å². The lowest BCUT2D eigenvalue weighted by Gasteiger charge is -2.16. The number of hydrogen-bond acceptors (Lipinski definition) is 4. The number of nitrogens with zero attached hydrogens (tertiary/aromatic N) is 2.